The van der Waals surface area contributed by atoms with Crippen molar-refractivity contribution in [1.29, 1.82) is 0 Å². The first-order valence-corrected chi connectivity index (χ1v) is 9.98. The topological polar surface area (TPSA) is 82.8 Å². The van der Waals surface area contributed by atoms with E-state index in [0.29, 0.717) is 37.7 Å². The summed E-state index contributed by atoms with van der Waals surface area (Å²) in [5.41, 5.74) is 4.87. The Kier molecular flexibility index (Phi) is 7.29. The van der Waals surface area contributed by atoms with Crippen molar-refractivity contribution >= 4 is 23.3 Å². The molecule has 172 valence electrons. The zero-order valence-electron chi connectivity index (χ0n) is 17.2. The second-order valence-corrected chi connectivity index (χ2v) is 7.40. The molecular weight excluding hydrogens is 430 g/mol. The Labute approximate surface area is 182 Å². The van der Waals surface area contributed by atoms with Crippen molar-refractivity contribution in [3.8, 4) is 0 Å². The van der Waals surface area contributed by atoms with E-state index in [4.69, 9.17) is 5.73 Å². The Morgan fingerprint density at radius 3 is 2.22 bits per heavy atom. The molecule has 1 aromatic heterocycles. The third kappa shape index (κ3) is 6.16. The van der Waals surface area contributed by atoms with Crippen LogP contribution >= 0.6 is 0 Å². The summed E-state index contributed by atoms with van der Waals surface area (Å²) in [6.07, 6.45) is -3.66. The minimum absolute atomic E-state index is 0.0313. The van der Waals surface area contributed by atoms with Gasteiger partial charge in [0, 0.05) is 51.0 Å². The van der Waals surface area contributed by atoms with Gasteiger partial charge >= 0.3 is 6.18 Å². The summed E-state index contributed by atoms with van der Waals surface area (Å²) < 4.78 is 51.3. The molecule has 0 atom stereocenters. The van der Waals surface area contributed by atoms with Gasteiger partial charge in [-0.1, -0.05) is 0 Å². The number of carbonyl (C=O) groups excluding carboxylic acids is 2. The zero-order chi connectivity index (χ0) is 23.3. The molecule has 0 radical (unpaired) electrons. The molecule has 1 aromatic carbocycles. The van der Waals surface area contributed by atoms with Crippen molar-refractivity contribution < 1.29 is 27.2 Å². The first-order valence-electron chi connectivity index (χ1n) is 9.98. The summed E-state index contributed by atoms with van der Waals surface area (Å²) in [4.78, 5) is 33.2. The van der Waals surface area contributed by atoms with Gasteiger partial charge < -0.3 is 15.5 Å². The lowest BCUT2D eigenvalue weighted by molar-refractivity contribution is -0.137. The zero-order valence-corrected chi connectivity index (χ0v) is 17.2. The van der Waals surface area contributed by atoms with Gasteiger partial charge in [-0.15, -0.1) is 0 Å². The normalized spacial score (nSPS) is 14.9. The van der Waals surface area contributed by atoms with E-state index in [0.717, 1.165) is 12.3 Å². The number of anilines is 2. The Hall–Kier alpha value is -3.21. The molecule has 2 heterocycles. The summed E-state index contributed by atoms with van der Waals surface area (Å²) in [7, 11) is 0. The van der Waals surface area contributed by atoms with Gasteiger partial charge in [-0.05, 0) is 36.4 Å². The number of primary amides is 1. The van der Waals surface area contributed by atoms with E-state index in [-0.39, 0.29) is 25.4 Å². The first-order chi connectivity index (χ1) is 15.1. The minimum atomic E-state index is -4.44. The fraction of sp³-hybridized carbons (Fsp3) is 0.381. The minimum Gasteiger partial charge on any atom is -0.370 e. The molecule has 2 N–H and O–H groups in total. The highest BCUT2D eigenvalue weighted by atomic mass is 19.4. The predicted molar refractivity (Wildman–Crippen MR) is 110 cm³/mol. The number of amides is 2. The number of aromatic nitrogens is 1. The number of alkyl halides is 3. The standard InChI is InChI=1S/C21H23F4N5O2/c22-16-2-4-17(5-3-16)30(8-7-18(26)31)20(32)14-28-9-11-29(12-10-28)19-6-1-15(13-27-19)21(23,24)25/h1-6,13H,7-12,14H2,(H2,26,31). The summed E-state index contributed by atoms with van der Waals surface area (Å²) >= 11 is 0. The number of hydrogen-bond acceptors (Lipinski definition) is 5. The van der Waals surface area contributed by atoms with E-state index >= 15 is 0 Å². The van der Waals surface area contributed by atoms with Gasteiger partial charge in [0.1, 0.15) is 11.6 Å². The smallest absolute Gasteiger partial charge is 0.370 e. The molecular formula is C21H23F4N5O2. The molecule has 32 heavy (non-hydrogen) atoms. The van der Waals surface area contributed by atoms with Crippen LogP contribution in [0, 0.1) is 5.82 Å². The lowest BCUT2D eigenvalue weighted by Crippen LogP contribution is -2.50. The fourth-order valence-electron chi connectivity index (χ4n) is 3.39. The Bertz CT molecular complexity index is 927. The van der Waals surface area contributed by atoms with Crippen LogP contribution in [0.25, 0.3) is 0 Å². The lowest BCUT2D eigenvalue weighted by Gasteiger charge is -2.36. The molecule has 1 fully saturated rings. The Balaban J connectivity index is 1.59. The monoisotopic (exact) mass is 453 g/mol. The van der Waals surface area contributed by atoms with Gasteiger partial charge in [0.15, 0.2) is 0 Å². The van der Waals surface area contributed by atoms with Crippen molar-refractivity contribution in [1.82, 2.24) is 9.88 Å². The number of rotatable bonds is 7. The van der Waals surface area contributed by atoms with Gasteiger partial charge in [-0.25, -0.2) is 9.37 Å². The van der Waals surface area contributed by atoms with E-state index in [1.807, 2.05) is 9.80 Å². The maximum Gasteiger partial charge on any atom is 0.417 e. The van der Waals surface area contributed by atoms with Gasteiger partial charge in [-0.2, -0.15) is 13.2 Å². The van der Waals surface area contributed by atoms with E-state index in [1.54, 1.807) is 0 Å². The van der Waals surface area contributed by atoms with Crippen molar-refractivity contribution in [3.05, 3.63) is 54.0 Å². The average Bonchev–Trinajstić information content (AvgIpc) is 2.75. The van der Waals surface area contributed by atoms with Crippen molar-refractivity contribution in [2.24, 2.45) is 5.73 Å². The highest BCUT2D eigenvalue weighted by Crippen LogP contribution is 2.29. The van der Waals surface area contributed by atoms with Gasteiger partial charge in [-0.3, -0.25) is 14.5 Å². The molecule has 11 heteroatoms. The fourth-order valence-corrected chi connectivity index (χ4v) is 3.39. The number of carbonyl (C=O) groups is 2. The molecule has 2 aromatic rings. The van der Waals surface area contributed by atoms with E-state index in [2.05, 4.69) is 4.98 Å². The molecule has 1 saturated heterocycles. The Morgan fingerprint density at radius 1 is 1.03 bits per heavy atom. The summed E-state index contributed by atoms with van der Waals surface area (Å²) in [5.74, 6) is -0.816. The highest BCUT2D eigenvalue weighted by Gasteiger charge is 2.31. The van der Waals surface area contributed by atoms with E-state index in [1.165, 1.54) is 35.2 Å². The average molecular weight is 453 g/mol. The number of nitrogens with zero attached hydrogens (tertiary/aromatic N) is 4. The molecule has 0 bridgehead atoms. The number of hydrogen-bond donors (Lipinski definition) is 1. The van der Waals surface area contributed by atoms with Crippen molar-refractivity contribution in [3.63, 3.8) is 0 Å². The maximum absolute atomic E-state index is 13.2. The third-order valence-corrected chi connectivity index (χ3v) is 5.15. The summed E-state index contributed by atoms with van der Waals surface area (Å²) in [6, 6.07) is 7.72. The SMILES string of the molecule is NC(=O)CCN(C(=O)CN1CCN(c2ccc(C(F)(F)F)cn2)CC1)c1ccc(F)cc1. The second kappa shape index (κ2) is 9.94. The largest absolute Gasteiger partial charge is 0.417 e. The summed E-state index contributed by atoms with van der Waals surface area (Å²) in [5, 5.41) is 0. The number of benzene rings is 1. The number of pyridine rings is 1. The third-order valence-electron chi connectivity index (χ3n) is 5.15. The molecule has 7 nitrogen and oxygen atoms in total. The molecule has 1 aliphatic heterocycles. The van der Waals surface area contributed by atoms with Gasteiger partial charge in [0.2, 0.25) is 11.8 Å². The van der Waals surface area contributed by atoms with Crippen LogP contribution in [0.15, 0.2) is 42.6 Å². The molecule has 2 amide bonds. The van der Waals surface area contributed by atoms with Crippen molar-refractivity contribution in [2.45, 2.75) is 12.6 Å². The highest BCUT2D eigenvalue weighted by molar-refractivity contribution is 5.95. The van der Waals surface area contributed by atoms with Crippen LogP contribution in [0.4, 0.5) is 29.1 Å². The molecule has 0 saturated carbocycles. The molecule has 0 unspecified atom stereocenters. The Morgan fingerprint density at radius 2 is 1.69 bits per heavy atom. The van der Waals surface area contributed by atoms with Gasteiger partial charge in [0.25, 0.3) is 0 Å². The molecule has 3 rings (SSSR count). The maximum atomic E-state index is 13.2. The van der Waals surface area contributed by atoms with Crippen LogP contribution in [0.5, 0.6) is 0 Å². The first kappa shape index (κ1) is 23.5. The van der Waals surface area contributed by atoms with Crippen LogP contribution < -0.4 is 15.5 Å². The van der Waals surface area contributed by atoms with Crippen LogP contribution in [-0.4, -0.2) is 61.0 Å². The molecule has 0 spiro atoms. The van der Waals surface area contributed by atoms with E-state index < -0.39 is 23.5 Å². The quantitative estimate of drug-likeness (QED) is 0.651. The number of halogens is 4. The summed E-state index contributed by atoms with van der Waals surface area (Å²) in [6.45, 7) is 2.13. The number of piperazine rings is 1. The predicted octanol–water partition coefficient (Wildman–Crippen LogP) is 2.27. The van der Waals surface area contributed by atoms with Crippen LogP contribution in [0.1, 0.15) is 12.0 Å². The van der Waals surface area contributed by atoms with Gasteiger partial charge in [0.05, 0.1) is 12.1 Å². The van der Waals surface area contributed by atoms with Crippen LogP contribution in [0.3, 0.4) is 0 Å². The number of nitrogens with two attached hydrogens (primary N) is 1. The molecule has 0 aliphatic carbocycles. The second-order valence-electron chi connectivity index (χ2n) is 7.40. The molecule has 1 aliphatic rings. The van der Waals surface area contributed by atoms with Crippen molar-refractivity contribution in [2.75, 3.05) is 49.1 Å². The van der Waals surface area contributed by atoms with Crippen LogP contribution in [0.2, 0.25) is 0 Å². The van der Waals surface area contributed by atoms with Crippen LogP contribution in [-0.2, 0) is 15.8 Å². The lowest BCUT2D eigenvalue weighted by atomic mass is 10.2. The van der Waals surface area contributed by atoms with E-state index in [9.17, 15) is 27.2 Å².